The predicted molar refractivity (Wildman–Crippen MR) is 87.1 cm³/mol. The molecule has 24 heavy (non-hydrogen) atoms. The highest BCUT2D eigenvalue weighted by Crippen LogP contribution is 2.19. The van der Waals surface area contributed by atoms with Gasteiger partial charge >= 0.3 is 11.9 Å². The van der Waals surface area contributed by atoms with Crippen LogP contribution in [0.4, 0.5) is 0 Å². The molecule has 1 aliphatic heterocycles. The molecule has 2 aromatic rings. The third kappa shape index (κ3) is 4.24. The van der Waals surface area contributed by atoms with Crippen LogP contribution in [-0.4, -0.2) is 31.3 Å². The molecule has 1 unspecified atom stereocenters. The average Bonchev–Trinajstić information content (AvgIpc) is 3.25. The fourth-order valence-corrected chi connectivity index (χ4v) is 2.57. The van der Waals surface area contributed by atoms with Gasteiger partial charge in [0, 0.05) is 6.61 Å². The van der Waals surface area contributed by atoms with E-state index >= 15 is 0 Å². The molecule has 0 amide bonds. The lowest BCUT2D eigenvalue weighted by atomic mass is 10.2. The number of benzene rings is 1. The van der Waals surface area contributed by atoms with Crippen LogP contribution >= 0.6 is 15.9 Å². The van der Waals surface area contributed by atoms with E-state index in [0.717, 1.165) is 12.8 Å². The molecule has 1 aromatic carbocycles. The van der Waals surface area contributed by atoms with E-state index in [-0.39, 0.29) is 18.5 Å². The van der Waals surface area contributed by atoms with Crippen LogP contribution in [0.1, 0.15) is 33.8 Å². The monoisotopic (exact) mass is 394 g/mol. The van der Waals surface area contributed by atoms with Gasteiger partial charge in [-0.05, 0) is 65.2 Å². The van der Waals surface area contributed by atoms with Crippen molar-refractivity contribution in [3.05, 3.63) is 52.4 Å². The minimum Gasteiger partial charge on any atom is -0.459 e. The van der Waals surface area contributed by atoms with Crippen molar-refractivity contribution in [2.45, 2.75) is 18.9 Å². The molecule has 0 radical (unpaired) electrons. The molecule has 0 bridgehead atoms. The number of halogens is 1. The number of ether oxygens (including phenoxy) is 3. The second kappa shape index (κ2) is 7.63. The predicted octanol–water partition coefficient (Wildman–Crippen LogP) is 3.60. The van der Waals surface area contributed by atoms with Gasteiger partial charge in [-0.15, -0.1) is 0 Å². The highest BCUT2D eigenvalue weighted by molar-refractivity contribution is 9.10. The number of hydrogen-bond acceptors (Lipinski definition) is 6. The molecule has 0 spiro atoms. The summed E-state index contributed by atoms with van der Waals surface area (Å²) in [5, 5.41) is 0. The van der Waals surface area contributed by atoms with Gasteiger partial charge in [0.2, 0.25) is 5.76 Å². The first kappa shape index (κ1) is 16.7. The quantitative estimate of drug-likeness (QED) is 0.569. The molecule has 1 aromatic heterocycles. The first-order chi connectivity index (χ1) is 11.6. The molecule has 3 rings (SSSR count). The van der Waals surface area contributed by atoms with Crippen molar-refractivity contribution in [1.82, 2.24) is 0 Å². The Morgan fingerprint density at radius 2 is 1.92 bits per heavy atom. The molecule has 1 atom stereocenters. The van der Waals surface area contributed by atoms with Gasteiger partial charge in [-0.25, -0.2) is 9.59 Å². The van der Waals surface area contributed by atoms with Crippen molar-refractivity contribution in [1.29, 1.82) is 0 Å². The minimum absolute atomic E-state index is 0.0122. The maximum absolute atomic E-state index is 12.0. The molecule has 0 N–H and O–H groups in total. The van der Waals surface area contributed by atoms with Crippen LogP contribution in [0.2, 0.25) is 0 Å². The summed E-state index contributed by atoms with van der Waals surface area (Å²) in [6.07, 6.45) is 1.89. The third-order valence-corrected chi connectivity index (χ3v) is 3.93. The third-order valence-electron chi connectivity index (χ3n) is 3.50. The van der Waals surface area contributed by atoms with Crippen LogP contribution in [0.25, 0.3) is 0 Å². The van der Waals surface area contributed by atoms with Gasteiger partial charge in [0.15, 0.2) is 4.67 Å². The molecule has 2 heterocycles. The minimum atomic E-state index is -0.616. The summed E-state index contributed by atoms with van der Waals surface area (Å²) in [4.78, 5) is 23.8. The molecular weight excluding hydrogens is 380 g/mol. The molecule has 1 saturated heterocycles. The van der Waals surface area contributed by atoms with Crippen molar-refractivity contribution in [3.63, 3.8) is 0 Å². The number of esters is 2. The molecular formula is C17H15BrO6. The molecule has 126 valence electrons. The lowest BCUT2D eigenvalue weighted by Crippen LogP contribution is -2.17. The first-order valence-electron chi connectivity index (χ1n) is 7.48. The molecule has 6 nitrogen and oxygen atoms in total. The zero-order chi connectivity index (χ0) is 16.9. The van der Waals surface area contributed by atoms with E-state index in [2.05, 4.69) is 15.9 Å². The van der Waals surface area contributed by atoms with Crippen molar-refractivity contribution >= 4 is 27.9 Å². The van der Waals surface area contributed by atoms with E-state index in [9.17, 15) is 9.59 Å². The van der Waals surface area contributed by atoms with Crippen LogP contribution in [0.5, 0.6) is 5.75 Å². The van der Waals surface area contributed by atoms with Gasteiger partial charge < -0.3 is 18.6 Å². The normalized spacial score (nSPS) is 16.8. The van der Waals surface area contributed by atoms with Gasteiger partial charge in [-0.3, -0.25) is 0 Å². The van der Waals surface area contributed by atoms with Gasteiger partial charge in [0.25, 0.3) is 0 Å². The average molecular weight is 395 g/mol. The summed E-state index contributed by atoms with van der Waals surface area (Å²) in [6.45, 7) is 0.970. The van der Waals surface area contributed by atoms with Gasteiger partial charge in [0.1, 0.15) is 12.4 Å². The Hall–Kier alpha value is -2.12. The maximum Gasteiger partial charge on any atom is 0.379 e. The Labute approximate surface area is 146 Å². The Bertz CT molecular complexity index is 715. The molecule has 0 saturated carbocycles. The van der Waals surface area contributed by atoms with Crippen LogP contribution < -0.4 is 4.74 Å². The number of carbonyl (C=O) groups is 2. The Balaban J connectivity index is 1.54. The summed E-state index contributed by atoms with van der Waals surface area (Å²) in [7, 11) is 0. The van der Waals surface area contributed by atoms with E-state index in [4.69, 9.17) is 18.6 Å². The van der Waals surface area contributed by atoms with E-state index in [1.807, 2.05) is 0 Å². The topological polar surface area (TPSA) is 75.0 Å². The maximum atomic E-state index is 12.0. The lowest BCUT2D eigenvalue weighted by Gasteiger charge is -2.10. The highest BCUT2D eigenvalue weighted by atomic mass is 79.9. The van der Waals surface area contributed by atoms with Gasteiger partial charge in [-0.2, -0.15) is 0 Å². The summed E-state index contributed by atoms with van der Waals surface area (Å²) in [5.74, 6) is -0.655. The van der Waals surface area contributed by atoms with Crippen molar-refractivity contribution in [3.8, 4) is 5.75 Å². The van der Waals surface area contributed by atoms with Crippen LogP contribution in [0, 0.1) is 0 Å². The smallest absolute Gasteiger partial charge is 0.379 e. The standard InChI is InChI=1S/C17H15BrO6/c18-15-8-7-14(24-15)17(20)23-12-5-3-11(4-6-12)16(19)22-10-13-2-1-9-21-13/h3-8,13H,1-2,9-10H2. The Morgan fingerprint density at radius 1 is 1.12 bits per heavy atom. The number of carbonyl (C=O) groups excluding carboxylic acids is 2. The molecule has 1 fully saturated rings. The van der Waals surface area contributed by atoms with E-state index in [1.54, 1.807) is 18.2 Å². The summed E-state index contributed by atoms with van der Waals surface area (Å²) < 4.78 is 21.3. The highest BCUT2D eigenvalue weighted by Gasteiger charge is 2.18. The van der Waals surface area contributed by atoms with Gasteiger partial charge in [0.05, 0.1) is 11.7 Å². The molecule has 7 heteroatoms. The second-order valence-corrected chi connectivity index (χ2v) is 6.03. The lowest BCUT2D eigenvalue weighted by molar-refractivity contribution is 0.0161. The number of hydrogen-bond donors (Lipinski definition) is 0. The van der Waals surface area contributed by atoms with E-state index < -0.39 is 11.9 Å². The number of furan rings is 1. The van der Waals surface area contributed by atoms with Crippen LogP contribution in [-0.2, 0) is 9.47 Å². The fraction of sp³-hybridized carbons (Fsp3) is 0.294. The van der Waals surface area contributed by atoms with E-state index in [1.165, 1.54) is 18.2 Å². The van der Waals surface area contributed by atoms with Crippen molar-refractivity contribution < 1.29 is 28.2 Å². The fourth-order valence-electron chi connectivity index (χ4n) is 2.27. The van der Waals surface area contributed by atoms with E-state index in [0.29, 0.717) is 22.6 Å². The van der Waals surface area contributed by atoms with Gasteiger partial charge in [-0.1, -0.05) is 0 Å². The Kier molecular flexibility index (Phi) is 5.32. The Morgan fingerprint density at radius 3 is 2.54 bits per heavy atom. The second-order valence-electron chi connectivity index (χ2n) is 5.25. The number of rotatable bonds is 5. The summed E-state index contributed by atoms with van der Waals surface area (Å²) in [6, 6.07) is 9.24. The summed E-state index contributed by atoms with van der Waals surface area (Å²) in [5.41, 5.74) is 0.383. The molecule has 1 aliphatic rings. The summed E-state index contributed by atoms with van der Waals surface area (Å²) >= 11 is 3.12. The van der Waals surface area contributed by atoms with Crippen molar-refractivity contribution in [2.75, 3.05) is 13.2 Å². The zero-order valence-electron chi connectivity index (χ0n) is 12.7. The zero-order valence-corrected chi connectivity index (χ0v) is 14.3. The van der Waals surface area contributed by atoms with Crippen molar-refractivity contribution in [2.24, 2.45) is 0 Å². The van der Waals surface area contributed by atoms with Crippen LogP contribution in [0.3, 0.4) is 0 Å². The van der Waals surface area contributed by atoms with Crippen LogP contribution in [0.15, 0.2) is 45.5 Å². The SMILES string of the molecule is O=C(OCC1CCCO1)c1ccc(OC(=O)c2ccc(Br)o2)cc1. The molecule has 0 aliphatic carbocycles. The first-order valence-corrected chi connectivity index (χ1v) is 8.27. The largest absolute Gasteiger partial charge is 0.459 e.